The van der Waals surface area contributed by atoms with Gasteiger partial charge in [0.25, 0.3) is 0 Å². The van der Waals surface area contributed by atoms with Crippen molar-refractivity contribution in [1.29, 1.82) is 0 Å². The maximum Gasteiger partial charge on any atom is 0.123 e. The first kappa shape index (κ1) is 13.8. The molecule has 0 aliphatic carbocycles. The highest BCUT2D eigenvalue weighted by molar-refractivity contribution is 6.30. The summed E-state index contributed by atoms with van der Waals surface area (Å²) in [6.45, 7) is 2.08. The van der Waals surface area contributed by atoms with E-state index < -0.39 is 0 Å². The maximum atomic E-state index is 6.36. The number of hydrogen-bond donors (Lipinski definition) is 1. The predicted octanol–water partition coefficient (Wildman–Crippen LogP) is 3.55. The SMILES string of the molecule is COc1ccc(Cl)cc1C(N)C(C)c1ccncc1. The highest BCUT2D eigenvalue weighted by atomic mass is 35.5. The molecule has 2 rings (SSSR count). The summed E-state index contributed by atoms with van der Waals surface area (Å²) in [5, 5.41) is 0.660. The highest BCUT2D eigenvalue weighted by Gasteiger charge is 2.20. The summed E-state index contributed by atoms with van der Waals surface area (Å²) in [5.41, 5.74) is 8.42. The zero-order valence-corrected chi connectivity index (χ0v) is 11.8. The molecule has 2 atom stereocenters. The van der Waals surface area contributed by atoms with Crippen LogP contribution in [0.15, 0.2) is 42.7 Å². The Kier molecular flexibility index (Phi) is 4.40. The Balaban J connectivity index is 2.33. The highest BCUT2D eigenvalue weighted by Crippen LogP contribution is 2.35. The molecular weight excluding hydrogens is 260 g/mol. The summed E-state index contributed by atoms with van der Waals surface area (Å²) >= 11 is 6.05. The minimum atomic E-state index is -0.184. The molecular formula is C15H17ClN2O. The van der Waals surface area contributed by atoms with Crippen molar-refractivity contribution in [3.8, 4) is 5.75 Å². The van der Waals surface area contributed by atoms with E-state index >= 15 is 0 Å². The van der Waals surface area contributed by atoms with E-state index in [0.717, 1.165) is 16.9 Å². The van der Waals surface area contributed by atoms with E-state index in [9.17, 15) is 0 Å². The normalized spacial score (nSPS) is 13.9. The van der Waals surface area contributed by atoms with Gasteiger partial charge in [0.05, 0.1) is 7.11 Å². The molecule has 0 bridgehead atoms. The molecule has 0 aliphatic rings. The Hall–Kier alpha value is -1.58. The maximum absolute atomic E-state index is 6.36. The van der Waals surface area contributed by atoms with Gasteiger partial charge >= 0.3 is 0 Å². The van der Waals surface area contributed by atoms with E-state index in [1.54, 1.807) is 25.6 Å². The molecule has 2 aromatic rings. The van der Waals surface area contributed by atoms with Crippen molar-refractivity contribution in [2.24, 2.45) is 5.73 Å². The van der Waals surface area contributed by atoms with E-state index in [2.05, 4.69) is 11.9 Å². The summed E-state index contributed by atoms with van der Waals surface area (Å²) in [5.74, 6) is 0.910. The molecule has 1 aromatic carbocycles. The molecule has 2 unspecified atom stereocenters. The van der Waals surface area contributed by atoms with Gasteiger partial charge in [0.1, 0.15) is 5.75 Å². The molecule has 0 saturated heterocycles. The molecule has 2 N–H and O–H groups in total. The van der Waals surface area contributed by atoms with Crippen LogP contribution in [0, 0.1) is 0 Å². The molecule has 0 spiro atoms. The fraction of sp³-hybridized carbons (Fsp3) is 0.267. The quantitative estimate of drug-likeness (QED) is 0.929. The molecule has 100 valence electrons. The van der Waals surface area contributed by atoms with Gasteiger partial charge in [-0.3, -0.25) is 4.98 Å². The number of ether oxygens (including phenoxy) is 1. The van der Waals surface area contributed by atoms with Gasteiger partial charge in [0.2, 0.25) is 0 Å². The van der Waals surface area contributed by atoms with Crippen molar-refractivity contribution in [2.75, 3.05) is 7.11 Å². The third-order valence-corrected chi connectivity index (χ3v) is 3.56. The summed E-state index contributed by atoms with van der Waals surface area (Å²) in [6.07, 6.45) is 3.54. The number of halogens is 1. The van der Waals surface area contributed by atoms with Crippen molar-refractivity contribution in [1.82, 2.24) is 4.98 Å². The minimum Gasteiger partial charge on any atom is -0.496 e. The zero-order valence-electron chi connectivity index (χ0n) is 11.0. The lowest BCUT2D eigenvalue weighted by Gasteiger charge is -2.22. The first-order valence-electron chi connectivity index (χ1n) is 6.12. The van der Waals surface area contributed by atoms with Gasteiger partial charge in [-0.2, -0.15) is 0 Å². The smallest absolute Gasteiger partial charge is 0.123 e. The van der Waals surface area contributed by atoms with Gasteiger partial charge < -0.3 is 10.5 Å². The van der Waals surface area contributed by atoms with E-state index in [-0.39, 0.29) is 12.0 Å². The number of hydrogen-bond acceptors (Lipinski definition) is 3. The third-order valence-electron chi connectivity index (χ3n) is 3.32. The summed E-state index contributed by atoms with van der Waals surface area (Å²) in [6, 6.07) is 9.27. The van der Waals surface area contributed by atoms with Crippen LogP contribution in [0.3, 0.4) is 0 Å². The predicted molar refractivity (Wildman–Crippen MR) is 77.6 cm³/mol. The second-order valence-corrected chi connectivity index (χ2v) is 4.92. The van der Waals surface area contributed by atoms with Crippen molar-refractivity contribution < 1.29 is 4.74 Å². The Morgan fingerprint density at radius 1 is 1.21 bits per heavy atom. The third kappa shape index (κ3) is 3.06. The Morgan fingerprint density at radius 2 is 1.89 bits per heavy atom. The molecule has 0 fully saturated rings. The Labute approximate surface area is 118 Å². The standard InChI is InChI=1S/C15H17ClN2O/c1-10(11-5-7-18-8-6-11)15(17)13-9-12(16)3-4-14(13)19-2/h3-10,15H,17H2,1-2H3. The molecule has 0 aliphatic heterocycles. The van der Waals surface area contributed by atoms with Crippen LogP contribution in [-0.2, 0) is 0 Å². The lowest BCUT2D eigenvalue weighted by Crippen LogP contribution is -2.18. The molecule has 0 saturated carbocycles. The average molecular weight is 277 g/mol. The van der Waals surface area contributed by atoms with Gasteiger partial charge in [-0.05, 0) is 35.9 Å². The second-order valence-electron chi connectivity index (χ2n) is 4.48. The van der Waals surface area contributed by atoms with Crippen LogP contribution in [-0.4, -0.2) is 12.1 Å². The number of benzene rings is 1. The summed E-state index contributed by atoms with van der Waals surface area (Å²) in [4.78, 5) is 4.02. The van der Waals surface area contributed by atoms with Gasteiger partial charge in [-0.25, -0.2) is 0 Å². The molecule has 19 heavy (non-hydrogen) atoms. The molecule has 1 aromatic heterocycles. The fourth-order valence-electron chi connectivity index (χ4n) is 2.11. The largest absolute Gasteiger partial charge is 0.496 e. The lowest BCUT2D eigenvalue weighted by molar-refractivity contribution is 0.402. The second kappa shape index (κ2) is 6.04. The van der Waals surface area contributed by atoms with Crippen LogP contribution in [0.4, 0.5) is 0 Å². The minimum absolute atomic E-state index is 0.148. The van der Waals surface area contributed by atoms with Crippen LogP contribution in [0.5, 0.6) is 5.75 Å². The topological polar surface area (TPSA) is 48.1 Å². The van der Waals surface area contributed by atoms with E-state index in [0.29, 0.717) is 5.02 Å². The number of rotatable bonds is 4. The number of pyridine rings is 1. The summed E-state index contributed by atoms with van der Waals surface area (Å²) < 4.78 is 5.36. The monoisotopic (exact) mass is 276 g/mol. The van der Waals surface area contributed by atoms with Crippen molar-refractivity contribution >= 4 is 11.6 Å². The molecule has 4 heteroatoms. The number of aromatic nitrogens is 1. The first-order chi connectivity index (χ1) is 9.13. The van der Waals surface area contributed by atoms with E-state index in [4.69, 9.17) is 22.1 Å². The fourth-order valence-corrected chi connectivity index (χ4v) is 2.29. The zero-order chi connectivity index (χ0) is 13.8. The van der Waals surface area contributed by atoms with Gasteiger partial charge in [-0.1, -0.05) is 18.5 Å². The van der Waals surface area contributed by atoms with Crippen LogP contribution < -0.4 is 10.5 Å². The van der Waals surface area contributed by atoms with E-state index in [1.165, 1.54) is 0 Å². The summed E-state index contributed by atoms with van der Waals surface area (Å²) in [7, 11) is 1.64. The molecule has 3 nitrogen and oxygen atoms in total. The first-order valence-corrected chi connectivity index (χ1v) is 6.50. The van der Waals surface area contributed by atoms with Crippen LogP contribution in [0.25, 0.3) is 0 Å². The van der Waals surface area contributed by atoms with Crippen LogP contribution in [0.1, 0.15) is 30.0 Å². The van der Waals surface area contributed by atoms with Crippen LogP contribution >= 0.6 is 11.6 Å². The Morgan fingerprint density at radius 3 is 2.53 bits per heavy atom. The van der Waals surface area contributed by atoms with Crippen molar-refractivity contribution in [3.05, 3.63) is 58.9 Å². The Bertz CT molecular complexity index is 545. The molecule has 0 amide bonds. The molecule has 0 radical (unpaired) electrons. The van der Waals surface area contributed by atoms with Crippen molar-refractivity contribution in [3.63, 3.8) is 0 Å². The average Bonchev–Trinajstić information content (AvgIpc) is 2.46. The van der Waals surface area contributed by atoms with Crippen LogP contribution in [0.2, 0.25) is 5.02 Å². The van der Waals surface area contributed by atoms with Crippen molar-refractivity contribution in [2.45, 2.75) is 18.9 Å². The van der Waals surface area contributed by atoms with E-state index in [1.807, 2.05) is 24.3 Å². The molecule has 1 heterocycles. The number of methoxy groups -OCH3 is 1. The van der Waals surface area contributed by atoms with Gasteiger partial charge in [-0.15, -0.1) is 0 Å². The van der Waals surface area contributed by atoms with Gasteiger partial charge in [0, 0.05) is 34.9 Å². The number of nitrogens with two attached hydrogens (primary N) is 1. The number of nitrogens with zero attached hydrogens (tertiary/aromatic N) is 1. The lowest BCUT2D eigenvalue weighted by atomic mass is 9.89. The van der Waals surface area contributed by atoms with Gasteiger partial charge in [0.15, 0.2) is 0 Å².